The monoisotopic (exact) mass is 272 g/mol. The van der Waals surface area contributed by atoms with Crippen LogP contribution in [0, 0.1) is 16.2 Å². The van der Waals surface area contributed by atoms with Gasteiger partial charge in [0, 0.05) is 6.61 Å². The lowest BCUT2D eigenvalue weighted by Gasteiger charge is -2.50. The summed E-state index contributed by atoms with van der Waals surface area (Å²) in [6, 6.07) is 0. The molecule has 0 N–H and O–H groups in total. The zero-order chi connectivity index (χ0) is 15.3. The Morgan fingerprint density at radius 2 is 1.42 bits per heavy atom. The van der Waals surface area contributed by atoms with Crippen molar-refractivity contribution in [2.24, 2.45) is 16.2 Å². The molecule has 0 aliphatic rings. The van der Waals surface area contributed by atoms with Crippen LogP contribution in [-0.4, -0.2) is 25.8 Å². The number of esters is 1. The standard InChI is InChI=1S/C16H32O3/c1-9-11-19-13(17)16(12-18-10-2,14(3,4)5)15(6,7)8/h9-12H2,1-8H3. The maximum atomic E-state index is 12.7. The van der Waals surface area contributed by atoms with Crippen LogP contribution in [0.5, 0.6) is 0 Å². The Morgan fingerprint density at radius 3 is 1.74 bits per heavy atom. The minimum absolute atomic E-state index is 0.136. The summed E-state index contributed by atoms with van der Waals surface area (Å²) in [5.74, 6) is -0.136. The van der Waals surface area contributed by atoms with Crippen LogP contribution in [0.2, 0.25) is 0 Å². The van der Waals surface area contributed by atoms with Crippen molar-refractivity contribution in [1.82, 2.24) is 0 Å². The van der Waals surface area contributed by atoms with Gasteiger partial charge in [0.05, 0.1) is 13.2 Å². The number of hydrogen-bond acceptors (Lipinski definition) is 3. The largest absolute Gasteiger partial charge is 0.465 e. The highest BCUT2D eigenvalue weighted by atomic mass is 16.5. The van der Waals surface area contributed by atoms with E-state index >= 15 is 0 Å². The van der Waals surface area contributed by atoms with E-state index in [-0.39, 0.29) is 16.8 Å². The highest BCUT2D eigenvalue weighted by molar-refractivity contribution is 5.79. The van der Waals surface area contributed by atoms with Crippen LogP contribution < -0.4 is 0 Å². The molecule has 0 aromatic carbocycles. The molecule has 0 aromatic rings. The summed E-state index contributed by atoms with van der Waals surface area (Å²) in [5, 5.41) is 0. The molecule has 0 rings (SSSR count). The Labute approximate surface area is 119 Å². The second-order valence-corrected chi connectivity index (χ2v) is 7.18. The van der Waals surface area contributed by atoms with Crippen molar-refractivity contribution in [1.29, 1.82) is 0 Å². The summed E-state index contributed by atoms with van der Waals surface area (Å²) in [5.41, 5.74) is -1.11. The van der Waals surface area contributed by atoms with Crippen molar-refractivity contribution in [2.75, 3.05) is 19.8 Å². The first kappa shape index (κ1) is 18.4. The molecule has 0 saturated carbocycles. The number of carbonyl (C=O) groups excluding carboxylic acids is 1. The van der Waals surface area contributed by atoms with Crippen molar-refractivity contribution < 1.29 is 14.3 Å². The molecule has 0 radical (unpaired) electrons. The van der Waals surface area contributed by atoms with Gasteiger partial charge >= 0.3 is 5.97 Å². The van der Waals surface area contributed by atoms with Crippen LogP contribution in [0.3, 0.4) is 0 Å². The Kier molecular flexibility index (Phi) is 6.53. The van der Waals surface area contributed by atoms with Gasteiger partial charge in [-0.15, -0.1) is 0 Å². The van der Waals surface area contributed by atoms with Gasteiger partial charge in [0.15, 0.2) is 0 Å². The smallest absolute Gasteiger partial charge is 0.315 e. The number of rotatable bonds is 6. The average molecular weight is 272 g/mol. The Morgan fingerprint density at radius 1 is 0.947 bits per heavy atom. The third-order valence-electron chi connectivity index (χ3n) is 3.87. The quantitative estimate of drug-likeness (QED) is 0.684. The first-order valence-electron chi connectivity index (χ1n) is 7.29. The van der Waals surface area contributed by atoms with Crippen molar-refractivity contribution in [3.05, 3.63) is 0 Å². The van der Waals surface area contributed by atoms with E-state index in [2.05, 4.69) is 41.5 Å². The fourth-order valence-electron chi connectivity index (χ4n) is 2.80. The minimum atomic E-state index is -0.648. The molecule has 0 spiro atoms. The van der Waals surface area contributed by atoms with Crippen LogP contribution >= 0.6 is 0 Å². The molecule has 0 unspecified atom stereocenters. The SMILES string of the molecule is CCCOC(=O)C(COCC)(C(C)(C)C)C(C)(C)C. The normalized spacial score (nSPS) is 13.5. The summed E-state index contributed by atoms with van der Waals surface area (Å²) < 4.78 is 11.1. The maximum Gasteiger partial charge on any atom is 0.315 e. The lowest BCUT2D eigenvalue weighted by molar-refractivity contribution is -0.185. The lowest BCUT2D eigenvalue weighted by atomic mass is 9.54. The molecule has 0 aromatic heterocycles. The maximum absolute atomic E-state index is 12.7. The van der Waals surface area contributed by atoms with E-state index in [0.29, 0.717) is 19.8 Å². The number of hydrogen-bond donors (Lipinski definition) is 0. The second kappa shape index (κ2) is 6.74. The van der Waals surface area contributed by atoms with Gasteiger partial charge in [0.2, 0.25) is 0 Å². The predicted molar refractivity (Wildman–Crippen MR) is 79.1 cm³/mol. The van der Waals surface area contributed by atoms with E-state index in [1.165, 1.54) is 0 Å². The zero-order valence-corrected chi connectivity index (χ0v) is 14.1. The number of ether oxygens (including phenoxy) is 2. The van der Waals surface area contributed by atoms with E-state index in [4.69, 9.17) is 9.47 Å². The average Bonchev–Trinajstić information content (AvgIpc) is 2.23. The first-order valence-corrected chi connectivity index (χ1v) is 7.29. The topological polar surface area (TPSA) is 35.5 Å². The summed E-state index contributed by atoms with van der Waals surface area (Å²) >= 11 is 0. The molecule has 3 heteroatoms. The predicted octanol–water partition coefficient (Wildman–Crippen LogP) is 4.05. The highest BCUT2D eigenvalue weighted by Crippen LogP contribution is 2.52. The third kappa shape index (κ3) is 3.95. The van der Waals surface area contributed by atoms with Gasteiger partial charge in [-0.1, -0.05) is 48.5 Å². The van der Waals surface area contributed by atoms with Gasteiger partial charge in [0.25, 0.3) is 0 Å². The van der Waals surface area contributed by atoms with Crippen LogP contribution in [0.4, 0.5) is 0 Å². The van der Waals surface area contributed by atoms with Crippen molar-refractivity contribution in [3.63, 3.8) is 0 Å². The molecular weight excluding hydrogens is 240 g/mol. The molecule has 0 aliphatic carbocycles. The molecule has 0 amide bonds. The van der Waals surface area contributed by atoms with Crippen LogP contribution in [-0.2, 0) is 14.3 Å². The molecule has 3 nitrogen and oxygen atoms in total. The van der Waals surface area contributed by atoms with Crippen LogP contribution in [0.1, 0.15) is 61.8 Å². The zero-order valence-electron chi connectivity index (χ0n) is 14.1. The summed E-state index contributed by atoms with van der Waals surface area (Å²) in [7, 11) is 0. The third-order valence-corrected chi connectivity index (χ3v) is 3.87. The minimum Gasteiger partial charge on any atom is -0.465 e. The molecule has 0 aliphatic heterocycles. The van der Waals surface area contributed by atoms with Crippen molar-refractivity contribution >= 4 is 5.97 Å². The van der Waals surface area contributed by atoms with E-state index in [0.717, 1.165) is 6.42 Å². The van der Waals surface area contributed by atoms with Gasteiger partial charge in [-0.05, 0) is 24.2 Å². The first-order chi connectivity index (χ1) is 8.54. The lowest BCUT2D eigenvalue weighted by Crippen LogP contribution is -2.56. The van der Waals surface area contributed by atoms with Gasteiger partial charge < -0.3 is 9.47 Å². The molecule has 0 saturated heterocycles. The Balaban J connectivity index is 5.57. The Bertz CT molecular complexity index is 267. The van der Waals surface area contributed by atoms with Gasteiger partial charge in [-0.25, -0.2) is 0 Å². The van der Waals surface area contributed by atoms with E-state index < -0.39 is 5.41 Å². The van der Waals surface area contributed by atoms with Crippen LogP contribution in [0.15, 0.2) is 0 Å². The van der Waals surface area contributed by atoms with E-state index in [1.807, 2.05) is 13.8 Å². The van der Waals surface area contributed by atoms with Gasteiger partial charge in [-0.2, -0.15) is 0 Å². The molecule has 0 atom stereocenters. The fraction of sp³-hybridized carbons (Fsp3) is 0.938. The van der Waals surface area contributed by atoms with Crippen molar-refractivity contribution in [2.45, 2.75) is 61.8 Å². The van der Waals surface area contributed by atoms with Gasteiger partial charge in [-0.3, -0.25) is 4.79 Å². The molecule has 0 heterocycles. The van der Waals surface area contributed by atoms with Crippen LogP contribution in [0.25, 0.3) is 0 Å². The van der Waals surface area contributed by atoms with E-state index in [1.54, 1.807) is 0 Å². The molecule has 114 valence electrons. The molecule has 0 fully saturated rings. The summed E-state index contributed by atoms with van der Waals surface area (Å²) in [4.78, 5) is 12.7. The van der Waals surface area contributed by atoms with Crippen molar-refractivity contribution in [3.8, 4) is 0 Å². The summed E-state index contributed by atoms with van der Waals surface area (Å²) in [6.07, 6.45) is 0.838. The second-order valence-electron chi connectivity index (χ2n) is 7.18. The highest BCUT2D eigenvalue weighted by Gasteiger charge is 2.57. The van der Waals surface area contributed by atoms with E-state index in [9.17, 15) is 4.79 Å². The van der Waals surface area contributed by atoms with Gasteiger partial charge in [0.1, 0.15) is 5.41 Å². The Hall–Kier alpha value is -0.570. The molecule has 19 heavy (non-hydrogen) atoms. The fourth-order valence-corrected chi connectivity index (χ4v) is 2.80. The summed E-state index contributed by atoms with van der Waals surface area (Å²) in [6.45, 7) is 18.0. The molecule has 0 bridgehead atoms. The number of carbonyl (C=O) groups is 1. The molecular formula is C16H32O3.